The summed E-state index contributed by atoms with van der Waals surface area (Å²) in [7, 11) is 0. The maximum atomic E-state index is 4.36. The molecule has 84 valence electrons. The van der Waals surface area contributed by atoms with Gasteiger partial charge in [-0.25, -0.2) is 0 Å². The molecule has 1 saturated heterocycles. The molecule has 3 rings (SSSR count). The van der Waals surface area contributed by atoms with Gasteiger partial charge in [0.25, 0.3) is 0 Å². The summed E-state index contributed by atoms with van der Waals surface area (Å²) in [5.41, 5.74) is 2.33. The summed E-state index contributed by atoms with van der Waals surface area (Å²) >= 11 is 0. The van der Waals surface area contributed by atoms with E-state index < -0.39 is 0 Å². The second-order valence-electron chi connectivity index (χ2n) is 4.51. The van der Waals surface area contributed by atoms with Crippen LogP contribution in [0.15, 0.2) is 24.3 Å². The van der Waals surface area contributed by atoms with E-state index in [4.69, 9.17) is 0 Å². The third kappa shape index (κ3) is 1.71. The lowest BCUT2D eigenvalue weighted by Crippen LogP contribution is -2.20. The van der Waals surface area contributed by atoms with Gasteiger partial charge in [0.1, 0.15) is 0 Å². The lowest BCUT2D eigenvalue weighted by Gasteiger charge is -2.14. The van der Waals surface area contributed by atoms with E-state index in [-0.39, 0.29) is 0 Å². The molecule has 2 heterocycles. The fourth-order valence-corrected chi connectivity index (χ4v) is 2.52. The zero-order valence-electron chi connectivity index (χ0n) is 9.37. The molecule has 1 aromatic carbocycles. The van der Waals surface area contributed by atoms with Gasteiger partial charge in [0.2, 0.25) is 0 Å². The van der Waals surface area contributed by atoms with Gasteiger partial charge < -0.3 is 5.32 Å². The highest BCUT2D eigenvalue weighted by molar-refractivity contribution is 5.81. The molecule has 16 heavy (non-hydrogen) atoms. The number of hydrogen-bond donors (Lipinski definition) is 2. The van der Waals surface area contributed by atoms with Gasteiger partial charge in [-0.15, -0.1) is 0 Å². The lowest BCUT2D eigenvalue weighted by atomic mass is 10.0. The second-order valence-corrected chi connectivity index (χ2v) is 4.51. The van der Waals surface area contributed by atoms with Crippen molar-refractivity contribution < 1.29 is 0 Å². The van der Waals surface area contributed by atoms with Crippen LogP contribution in [0.1, 0.15) is 37.4 Å². The average molecular weight is 215 g/mol. The summed E-state index contributed by atoms with van der Waals surface area (Å²) in [6.07, 6.45) is 5.16. The Morgan fingerprint density at radius 1 is 1.12 bits per heavy atom. The third-order valence-corrected chi connectivity index (χ3v) is 3.40. The van der Waals surface area contributed by atoms with Crippen molar-refractivity contribution in [3.63, 3.8) is 0 Å². The van der Waals surface area contributed by atoms with Gasteiger partial charge in [0, 0.05) is 11.4 Å². The molecule has 1 aliphatic rings. The molecule has 1 fully saturated rings. The van der Waals surface area contributed by atoms with Crippen molar-refractivity contribution in [2.45, 2.75) is 31.7 Å². The summed E-state index contributed by atoms with van der Waals surface area (Å²) in [6.45, 7) is 1.12. The number of nitrogens with one attached hydrogen (secondary N) is 2. The van der Waals surface area contributed by atoms with Crippen LogP contribution in [0, 0.1) is 0 Å². The van der Waals surface area contributed by atoms with Gasteiger partial charge in [0.05, 0.1) is 11.2 Å². The Hall–Kier alpha value is -1.35. The molecule has 0 saturated carbocycles. The molecule has 0 spiro atoms. The largest absolute Gasteiger partial charge is 0.309 e. The van der Waals surface area contributed by atoms with Crippen LogP contribution in [0.4, 0.5) is 0 Å². The van der Waals surface area contributed by atoms with Crippen molar-refractivity contribution in [3.05, 3.63) is 30.0 Å². The molecule has 2 aromatic rings. The second kappa shape index (κ2) is 4.26. The van der Waals surface area contributed by atoms with E-state index in [0.717, 1.165) is 12.1 Å². The van der Waals surface area contributed by atoms with Crippen molar-refractivity contribution in [1.82, 2.24) is 15.5 Å². The zero-order chi connectivity index (χ0) is 10.8. The first-order valence-electron chi connectivity index (χ1n) is 6.11. The third-order valence-electron chi connectivity index (χ3n) is 3.40. The standard InChI is InChI=1S/C13H17N3/c1-2-8-12(14-9-5-1)13-10-6-3-4-7-11(10)15-16-13/h3-4,6-7,12,14H,1-2,5,8-9H2,(H,15,16). The van der Waals surface area contributed by atoms with Gasteiger partial charge in [-0.1, -0.05) is 31.0 Å². The summed E-state index contributed by atoms with van der Waals surface area (Å²) in [6, 6.07) is 8.79. The number of hydrogen-bond acceptors (Lipinski definition) is 2. The Labute approximate surface area is 95.2 Å². The van der Waals surface area contributed by atoms with Gasteiger partial charge in [-0.05, 0) is 25.5 Å². The van der Waals surface area contributed by atoms with Gasteiger partial charge in [0.15, 0.2) is 0 Å². The minimum atomic E-state index is 0.454. The molecule has 1 unspecified atom stereocenters. The highest BCUT2D eigenvalue weighted by Gasteiger charge is 2.17. The smallest absolute Gasteiger partial charge is 0.0924 e. The van der Waals surface area contributed by atoms with Gasteiger partial charge in [-0.3, -0.25) is 5.10 Å². The number of aromatic nitrogens is 2. The minimum absolute atomic E-state index is 0.454. The van der Waals surface area contributed by atoms with Crippen molar-refractivity contribution in [3.8, 4) is 0 Å². The SMILES string of the molecule is c1ccc2c(C3CCCCCN3)[nH]nc2c1. The molecule has 3 nitrogen and oxygen atoms in total. The predicted molar refractivity (Wildman–Crippen MR) is 65.3 cm³/mol. The number of rotatable bonds is 1. The topological polar surface area (TPSA) is 40.7 Å². The highest BCUT2D eigenvalue weighted by atomic mass is 15.1. The quantitative estimate of drug-likeness (QED) is 0.768. The van der Waals surface area contributed by atoms with Crippen molar-refractivity contribution in [2.24, 2.45) is 0 Å². The normalized spacial score (nSPS) is 22.1. The van der Waals surface area contributed by atoms with E-state index in [1.54, 1.807) is 0 Å². The fourth-order valence-electron chi connectivity index (χ4n) is 2.52. The van der Waals surface area contributed by atoms with Crippen LogP contribution in [0.25, 0.3) is 10.9 Å². The fraction of sp³-hybridized carbons (Fsp3) is 0.462. The van der Waals surface area contributed by atoms with E-state index in [9.17, 15) is 0 Å². The monoisotopic (exact) mass is 215 g/mol. The van der Waals surface area contributed by atoms with E-state index in [2.05, 4.69) is 33.7 Å². The zero-order valence-corrected chi connectivity index (χ0v) is 9.37. The van der Waals surface area contributed by atoms with Crippen LogP contribution in [-0.2, 0) is 0 Å². The minimum Gasteiger partial charge on any atom is -0.309 e. The molecule has 1 aromatic heterocycles. The molecular weight excluding hydrogens is 198 g/mol. The van der Waals surface area contributed by atoms with Crippen LogP contribution >= 0.6 is 0 Å². The molecule has 3 heteroatoms. The Morgan fingerprint density at radius 2 is 2.06 bits per heavy atom. The van der Waals surface area contributed by atoms with Gasteiger partial charge >= 0.3 is 0 Å². The predicted octanol–water partition coefficient (Wildman–Crippen LogP) is 2.77. The molecular formula is C13H17N3. The molecule has 1 aliphatic heterocycles. The maximum absolute atomic E-state index is 4.36. The van der Waals surface area contributed by atoms with Gasteiger partial charge in [-0.2, -0.15) is 5.10 Å². The molecule has 0 bridgehead atoms. The van der Waals surface area contributed by atoms with Crippen molar-refractivity contribution >= 4 is 10.9 Å². The number of benzene rings is 1. The molecule has 0 aliphatic carbocycles. The van der Waals surface area contributed by atoms with Crippen LogP contribution < -0.4 is 5.32 Å². The van der Waals surface area contributed by atoms with Crippen molar-refractivity contribution in [2.75, 3.05) is 6.54 Å². The Morgan fingerprint density at radius 3 is 3.06 bits per heavy atom. The summed E-state index contributed by atoms with van der Waals surface area (Å²) in [5, 5.41) is 12.4. The Kier molecular flexibility index (Phi) is 2.62. The average Bonchev–Trinajstić information content (AvgIpc) is 2.57. The Bertz CT molecular complexity index is 467. The number of fused-ring (bicyclic) bond motifs is 1. The summed E-state index contributed by atoms with van der Waals surface area (Å²) < 4.78 is 0. The number of aromatic amines is 1. The van der Waals surface area contributed by atoms with Crippen molar-refractivity contribution in [1.29, 1.82) is 0 Å². The number of para-hydroxylation sites is 1. The molecule has 0 amide bonds. The summed E-state index contributed by atoms with van der Waals surface area (Å²) in [4.78, 5) is 0. The molecule has 0 radical (unpaired) electrons. The number of H-pyrrole nitrogens is 1. The maximum Gasteiger partial charge on any atom is 0.0924 e. The summed E-state index contributed by atoms with van der Waals surface area (Å²) in [5.74, 6) is 0. The van der Waals surface area contributed by atoms with E-state index in [1.165, 1.54) is 36.8 Å². The molecule has 1 atom stereocenters. The van der Waals surface area contributed by atoms with Crippen LogP contribution in [-0.4, -0.2) is 16.7 Å². The first kappa shape index (κ1) is 9.85. The van der Waals surface area contributed by atoms with Crippen LogP contribution in [0.3, 0.4) is 0 Å². The number of nitrogens with zero attached hydrogens (tertiary/aromatic N) is 1. The Balaban J connectivity index is 1.97. The van der Waals surface area contributed by atoms with Crippen LogP contribution in [0.5, 0.6) is 0 Å². The first-order valence-corrected chi connectivity index (χ1v) is 6.11. The highest BCUT2D eigenvalue weighted by Crippen LogP contribution is 2.26. The first-order chi connectivity index (χ1) is 7.95. The van der Waals surface area contributed by atoms with Crippen LogP contribution in [0.2, 0.25) is 0 Å². The lowest BCUT2D eigenvalue weighted by molar-refractivity contribution is 0.524. The molecule has 2 N–H and O–H groups in total. The van der Waals surface area contributed by atoms with E-state index in [1.807, 2.05) is 6.07 Å². The van der Waals surface area contributed by atoms with E-state index >= 15 is 0 Å². The van der Waals surface area contributed by atoms with E-state index in [0.29, 0.717) is 6.04 Å².